The van der Waals surface area contributed by atoms with E-state index >= 15 is 0 Å². The van der Waals surface area contributed by atoms with Gasteiger partial charge in [0.15, 0.2) is 4.96 Å². The molecule has 0 fully saturated rings. The molecule has 108 valence electrons. The van der Waals surface area contributed by atoms with E-state index in [2.05, 4.69) is 20.9 Å². The van der Waals surface area contributed by atoms with Gasteiger partial charge in [-0.05, 0) is 13.0 Å². The first-order valence-electron chi connectivity index (χ1n) is 6.04. The van der Waals surface area contributed by atoms with E-state index in [-0.39, 0.29) is 11.4 Å². The van der Waals surface area contributed by atoms with Gasteiger partial charge in [-0.1, -0.05) is 28.1 Å². The SMILES string of the molecule is Cc1cccc(Oc2nc3sccn3c2CBr)c1[N+](=O)[O-]. The predicted molar refractivity (Wildman–Crippen MR) is 83.6 cm³/mol. The molecule has 6 nitrogen and oxygen atoms in total. The summed E-state index contributed by atoms with van der Waals surface area (Å²) in [4.78, 5) is 15.9. The molecule has 21 heavy (non-hydrogen) atoms. The second-order valence-electron chi connectivity index (χ2n) is 4.33. The molecule has 0 bridgehead atoms. The van der Waals surface area contributed by atoms with Crippen molar-refractivity contribution in [2.75, 3.05) is 0 Å². The first kappa shape index (κ1) is 14.0. The minimum absolute atomic E-state index is 0.0330. The Bertz CT molecular complexity index is 827. The lowest BCUT2D eigenvalue weighted by Gasteiger charge is -2.06. The Morgan fingerprint density at radius 1 is 1.52 bits per heavy atom. The fraction of sp³-hybridized carbons (Fsp3) is 0.154. The Balaban J connectivity index is 2.08. The van der Waals surface area contributed by atoms with Crippen LogP contribution in [0.25, 0.3) is 4.96 Å². The molecule has 1 aromatic carbocycles. The molecule has 8 heteroatoms. The zero-order chi connectivity index (χ0) is 15.0. The van der Waals surface area contributed by atoms with E-state index in [1.807, 2.05) is 16.0 Å². The highest BCUT2D eigenvalue weighted by Crippen LogP contribution is 2.36. The van der Waals surface area contributed by atoms with Gasteiger partial charge in [-0.15, -0.1) is 11.3 Å². The maximum atomic E-state index is 11.2. The molecule has 0 amide bonds. The molecule has 3 rings (SSSR count). The van der Waals surface area contributed by atoms with Crippen LogP contribution in [0.4, 0.5) is 5.69 Å². The van der Waals surface area contributed by atoms with Gasteiger partial charge in [-0.25, -0.2) is 0 Å². The van der Waals surface area contributed by atoms with Gasteiger partial charge in [0.2, 0.25) is 11.6 Å². The second kappa shape index (κ2) is 5.45. The molecule has 0 aliphatic rings. The normalized spacial score (nSPS) is 11.0. The summed E-state index contributed by atoms with van der Waals surface area (Å²) in [7, 11) is 0. The van der Waals surface area contributed by atoms with E-state index in [1.165, 1.54) is 11.3 Å². The summed E-state index contributed by atoms with van der Waals surface area (Å²) in [6, 6.07) is 4.99. The van der Waals surface area contributed by atoms with Crippen LogP contribution in [-0.4, -0.2) is 14.3 Å². The van der Waals surface area contributed by atoms with Crippen molar-refractivity contribution >= 4 is 37.9 Å². The van der Waals surface area contributed by atoms with Crippen LogP contribution in [0.1, 0.15) is 11.3 Å². The Kier molecular flexibility index (Phi) is 3.64. The summed E-state index contributed by atoms with van der Waals surface area (Å²) in [6.45, 7) is 1.68. The lowest BCUT2D eigenvalue weighted by Crippen LogP contribution is -1.97. The third-order valence-electron chi connectivity index (χ3n) is 3.04. The second-order valence-corrected chi connectivity index (χ2v) is 5.77. The van der Waals surface area contributed by atoms with E-state index in [0.29, 0.717) is 16.8 Å². The predicted octanol–water partition coefficient (Wildman–Crippen LogP) is 4.30. The number of hydrogen-bond donors (Lipinski definition) is 0. The number of nitrogens with zero attached hydrogens (tertiary/aromatic N) is 3. The van der Waals surface area contributed by atoms with E-state index in [4.69, 9.17) is 4.74 Å². The van der Waals surface area contributed by atoms with Crippen LogP contribution >= 0.6 is 27.3 Å². The van der Waals surface area contributed by atoms with Crippen molar-refractivity contribution in [3.63, 3.8) is 0 Å². The van der Waals surface area contributed by atoms with Gasteiger partial charge < -0.3 is 4.74 Å². The number of hydrogen-bond acceptors (Lipinski definition) is 5. The monoisotopic (exact) mass is 367 g/mol. The molecular formula is C13H10BrN3O3S. The van der Waals surface area contributed by atoms with Crippen LogP contribution in [0.5, 0.6) is 11.6 Å². The summed E-state index contributed by atoms with van der Waals surface area (Å²) >= 11 is 4.88. The van der Waals surface area contributed by atoms with Crippen molar-refractivity contribution < 1.29 is 9.66 Å². The number of rotatable bonds is 4. The number of thiazole rings is 1. The number of para-hydroxylation sites is 1. The smallest absolute Gasteiger partial charge is 0.314 e. The molecule has 0 N–H and O–H groups in total. The number of imidazole rings is 1. The maximum absolute atomic E-state index is 11.2. The van der Waals surface area contributed by atoms with Crippen molar-refractivity contribution in [1.29, 1.82) is 0 Å². The molecule has 2 heterocycles. The van der Waals surface area contributed by atoms with Gasteiger partial charge in [0.25, 0.3) is 0 Å². The third kappa shape index (κ3) is 2.40. The van der Waals surface area contributed by atoms with Crippen molar-refractivity contribution in [3.05, 3.63) is 51.1 Å². The average Bonchev–Trinajstić information content (AvgIpc) is 2.98. The largest absolute Gasteiger partial charge is 0.430 e. The first-order valence-corrected chi connectivity index (χ1v) is 8.04. The number of benzene rings is 1. The number of fused-ring (bicyclic) bond motifs is 1. The number of aryl methyl sites for hydroxylation is 1. The van der Waals surface area contributed by atoms with Crippen LogP contribution in [-0.2, 0) is 5.33 Å². The lowest BCUT2D eigenvalue weighted by atomic mass is 10.2. The molecule has 0 unspecified atom stereocenters. The van der Waals surface area contributed by atoms with Crippen molar-refractivity contribution in [2.24, 2.45) is 0 Å². The Morgan fingerprint density at radius 2 is 2.33 bits per heavy atom. The summed E-state index contributed by atoms with van der Waals surface area (Å²) in [5, 5.41) is 13.7. The van der Waals surface area contributed by atoms with Crippen LogP contribution in [0, 0.1) is 17.0 Å². The van der Waals surface area contributed by atoms with Crippen molar-refractivity contribution in [3.8, 4) is 11.6 Å². The standard InChI is InChI=1S/C13H10BrN3O3S/c1-8-3-2-4-10(11(8)17(18)19)20-12-9(7-14)16-5-6-21-13(16)15-12/h2-6H,7H2,1H3. The van der Waals surface area contributed by atoms with Crippen LogP contribution in [0.15, 0.2) is 29.8 Å². The molecule has 0 saturated heterocycles. The van der Waals surface area contributed by atoms with Crippen LogP contribution < -0.4 is 4.74 Å². The quantitative estimate of drug-likeness (QED) is 0.391. The molecular weight excluding hydrogens is 358 g/mol. The number of aromatic nitrogens is 2. The van der Waals surface area contributed by atoms with Gasteiger partial charge in [-0.2, -0.15) is 4.98 Å². The number of ether oxygens (including phenoxy) is 1. The highest BCUT2D eigenvalue weighted by Gasteiger charge is 2.22. The van der Waals surface area contributed by atoms with Gasteiger partial charge in [0.1, 0.15) is 0 Å². The first-order chi connectivity index (χ1) is 10.1. The minimum Gasteiger partial charge on any atom is -0.430 e. The Morgan fingerprint density at radius 3 is 3.05 bits per heavy atom. The molecule has 0 atom stereocenters. The minimum atomic E-state index is -0.434. The molecule has 0 saturated carbocycles. The Labute approximate surface area is 132 Å². The number of nitro groups is 1. The van der Waals surface area contributed by atoms with Gasteiger partial charge in [-0.3, -0.25) is 14.5 Å². The zero-order valence-electron chi connectivity index (χ0n) is 10.9. The van der Waals surface area contributed by atoms with Gasteiger partial charge in [0, 0.05) is 22.5 Å². The van der Waals surface area contributed by atoms with Crippen molar-refractivity contribution in [1.82, 2.24) is 9.38 Å². The van der Waals surface area contributed by atoms with E-state index in [0.717, 1.165) is 10.7 Å². The van der Waals surface area contributed by atoms with E-state index in [9.17, 15) is 10.1 Å². The average molecular weight is 368 g/mol. The Hall–Kier alpha value is -1.93. The number of alkyl halides is 1. The summed E-state index contributed by atoms with van der Waals surface area (Å²) < 4.78 is 7.62. The summed E-state index contributed by atoms with van der Waals surface area (Å²) in [6.07, 6.45) is 1.89. The highest BCUT2D eigenvalue weighted by atomic mass is 79.9. The van der Waals surface area contributed by atoms with E-state index < -0.39 is 4.92 Å². The lowest BCUT2D eigenvalue weighted by molar-refractivity contribution is -0.386. The highest BCUT2D eigenvalue weighted by molar-refractivity contribution is 9.08. The van der Waals surface area contributed by atoms with Crippen molar-refractivity contribution in [2.45, 2.75) is 12.3 Å². The molecule has 0 aliphatic heterocycles. The third-order valence-corrected chi connectivity index (χ3v) is 4.33. The van der Waals surface area contributed by atoms with Gasteiger partial charge in [0.05, 0.1) is 10.6 Å². The molecule has 3 aromatic rings. The number of halogens is 1. The molecule has 0 spiro atoms. The van der Waals surface area contributed by atoms with Crippen LogP contribution in [0.2, 0.25) is 0 Å². The number of nitro benzene ring substituents is 1. The summed E-state index contributed by atoms with van der Waals surface area (Å²) in [5.41, 5.74) is 1.34. The molecule has 0 radical (unpaired) electrons. The topological polar surface area (TPSA) is 69.7 Å². The van der Waals surface area contributed by atoms with Gasteiger partial charge >= 0.3 is 5.69 Å². The maximum Gasteiger partial charge on any atom is 0.314 e. The molecule has 2 aromatic heterocycles. The molecule has 0 aliphatic carbocycles. The fourth-order valence-corrected chi connectivity index (χ4v) is 3.30. The van der Waals surface area contributed by atoms with E-state index in [1.54, 1.807) is 25.1 Å². The summed E-state index contributed by atoms with van der Waals surface area (Å²) in [5.74, 6) is 0.584. The fourth-order valence-electron chi connectivity index (χ4n) is 2.07. The van der Waals surface area contributed by atoms with Crippen LogP contribution in [0.3, 0.4) is 0 Å². The zero-order valence-corrected chi connectivity index (χ0v) is 13.3.